The number of nitro benzene ring substituents is 1. The van der Waals surface area contributed by atoms with E-state index < -0.39 is 40.7 Å². The number of carbonyl (C=O) groups excluding carboxylic acids is 2. The summed E-state index contributed by atoms with van der Waals surface area (Å²) in [5.41, 5.74) is -0.765. The highest BCUT2D eigenvalue weighted by atomic mass is 19.4. The third kappa shape index (κ3) is 5.81. The van der Waals surface area contributed by atoms with Crippen LogP contribution in [0.4, 0.5) is 24.5 Å². The van der Waals surface area contributed by atoms with Crippen LogP contribution >= 0.6 is 0 Å². The molecule has 0 aliphatic carbocycles. The quantitative estimate of drug-likeness (QED) is 0.446. The molecule has 0 saturated carbocycles. The Kier molecular flexibility index (Phi) is 7.69. The first-order chi connectivity index (χ1) is 15.4. The van der Waals surface area contributed by atoms with E-state index in [0.29, 0.717) is 5.56 Å². The molecule has 178 valence electrons. The predicted octanol–water partition coefficient (Wildman–Crippen LogP) is 3.47. The number of nitrogens with one attached hydrogen (secondary N) is 2. The van der Waals surface area contributed by atoms with Gasteiger partial charge in [-0.3, -0.25) is 19.7 Å². The normalized spacial score (nSPS) is 10.9. The molecule has 2 aromatic carbocycles. The zero-order valence-electron chi connectivity index (χ0n) is 18.0. The fraction of sp³-hybridized carbons (Fsp3) is 0.300. The molecule has 0 bridgehead atoms. The van der Waals surface area contributed by atoms with E-state index in [1.165, 1.54) is 26.4 Å². The van der Waals surface area contributed by atoms with Gasteiger partial charge in [0.2, 0.25) is 11.5 Å². The summed E-state index contributed by atoms with van der Waals surface area (Å²) in [6, 6.07) is 4.92. The van der Waals surface area contributed by atoms with Gasteiger partial charge in [-0.25, -0.2) is 0 Å². The zero-order valence-corrected chi connectivity index (χ0v) is 18.0. The highest BCUT2D eigenvalue weighted by Gasteiger charge is 2.33. The fourth-order valence-electron chi connectivity index (χ4n) is 2.87. The van der Waals surface area contributed by atoms with Gasteiger partial charge in [0.05, 0.1) is 26.3 Å². The van der Waals surface area contributed by atoms with Crippen LogP contribution in [-0.4, -0.2) is 50.8 Å². The molecule has 0 unspecified atom stereocenters. The van der Waals surface area contributed by atoms with Gasteiger partial charge in [0.25, 0.3) is 11.8 Å². The molecule has 0 saturated heterocycles. The maximum atomic E-state index is 12.9. The first kappa shape index (κ1) is 25.2. The van der Waals surface area contributed by atoms with E-state index in [-0.39, 0.29) is 28.5 Å². The zero-order chi connectivity index (χ0) is 24.9. The molecule has 0 aliphatic heterocycles. The average Bonchev–Trinajstić information content (AvgIpc) is 2.76. The lowest BCUT2D eigenvalue weighted by molar-refractivity contribution is -0.386. The Hall–Kier alpha value is -4.03. The van der Waals surface area contributed by atoms with Gasteiger partial charge in [0.15, 0.2) is 5.75 Å². The van der Waals surface area contributed by atoms with E-state index in [9.17, 15) is 32.9 Å². The Morgan fingerprint density at radius 2 is 1.67 bits per heavy atom. The summed E-state index contributed by atoms with van der Waals surface area (Å²) in [4.78, 5) is 35.8. The molecule has 13 heteroatoms. The Bertz CT molecular complexity index is 1090. The topological polar surface area (TPSA) is 129 Å². The maximum Gasteiger partial charge on any atom is 0.405 e. The molecule has 10 nitrogen and oxygen atoms in total. The number of alkyl halides is 3. The molecular formula is C20H20F3N3O7. The van der Waals surface area contributed by atoms with Crippen LogP contribution in [0.15, 0.2) is 24.3 Å². The van der Waals surface area contributed by atoms with Crippen LogP contribution in [0, 0.1) is 17.0 Å². The Labute approximate surface area is 185 Å². The van der Waals surface area contributed by atoms with Gasteiger partial charge in [0, 0.05) is 17.3 Å². The van der Waals surface area contributed by atoms with E-state index in [1.807, 2.05) is 0 Å². The Morgan fingerprint density at radius 1 is 1.03 bits per heavy atom. The second-order valence-electron chi connectivity index (χ2n) is 6.58. The van der Waals surface area contributed by atoms with E-state index in [1.54, 1.807) is 12.2 Å². The van der Waals surface area contributed by atoms with Crippen molar-refractivity contribution in [3.63, 3.8) is 0 Å². The minimum Gasteiger partial charge on any atom is -0.493 e. The van der Waals surface area contributed by atoms with Gasteiger partial charge in [0.1, 0.15) is 12.1 Å². The predicted molar refractivity (Wildman–Crippen MR) is 110 cm³/mol. The van der Waals surface area contributed by atoms with Crippen LogP contribution in [0.25, 0.3) is 0 Å². The lowest BCUT2D eigenvalue weighted by Crippen LogP contribution is -2.33. The number of nitro groups is 1. The Balaban J connectivity index is 2.46. The van der Waals surface area contributed by atoms with Crippen molar-refractivity contribution in [2.45, 2.75) is 13.1 Å². The van der Waals surface area contributed by atoms with Gasteiger partial charge in [-0.1, -0.05) is 6.07 Å². The van der Waals surface area contributed by atoms with Crippen LogP contribution in [0.5, 0.6) is 17.2 Å². The van der Waals surface area contributed by atoms with Crippen LogP contribution < -0.4 is 24.8 Å². The molecular weight excluding hydrogens is 451 g/mol. The number of methoxy groups -OCH3 is 3. The highest BCUT2D eigenvalue weighted by molar-refractivity contribution is 6.09. The number of halogens is 3. The van der Waals surface area contributed by atoms with E-state index in [4.69, 9.17) is 14.2 Å². The summed E-state index contributed by atoms with van der Waals surface area (Å²) < 4.78 is 52.4. The van der Waals surface area contributed by atoms with Crippen molar-refractivity contribution in [2.24, 2.45) is 0 Å². The molecule has 0 radical (unpaired) electrons. The largest absolute Gasteiger partial charge is 0.493 e. The fourth-order valence-corrected chi connectivity index (χ4v) is 2.87. The first-order valence-electron chi connectivity index (χ1n) is 9.17. The lowest BCUT2D eigenvalue weighted by atomic mass is 10.1. The van der Waals surface area contributed by atoms with Gasteiger partial charge >= 0.3 is 11.9 Å². The number of hydrogen-bond donors (Lipinski definition) is 2. The standard InChI is InChI=1S/C20H20F3N3O7/c1-10-5-6-11(18(27)24-9-20(21,22)23)7-13(10)25-19(28)12-8-14(31-2)16(32-3)17(33-4)15(12)26(29)30/h5-8H,9H2,1-4H3,(H,24,27)(H,25,28). The van der Waals surface area contributed by atoms with Crippen LogP contribution in [0.1, 0.15) is 26.3 Å². The minimum absolute atomic E-state index is 0.0119. The molecule has 0 atom stereocenters. The van der Waals surface area contributed by atoms with Crippen molar-refractivity contribution in [3.8, 4) is 17.2 Å². The molecule has 0 heterocycles. The number of anilines is 1. The summed E-state index contributed by atoms with van der Waals surface area (Å²) in [5, 5.41) is 15.9. The van der Waals surface area contributed by atoms with Gasteiger partial charge in [-0.15, -0.1) is 0 Å². The second-order valence-corrected chi connectivity index (χ2v) is 6.58. The molecule has 2 N–H and O–H groups in total. The van der Waals surface area contributed by atoms with Crippen LogP contribution in [0.3, 0.4) is 0 Å². The number of nitrogens with zero attached hydrogens (tertiary/aromatic N) is 1. The number of aryl methyl sites for hydroxylation is 1. The second kappa shape index (κ2) is 10.1. The molecule has 0 aliphatic rings. The summed E-state index contributed by atoms with van der Waals surface area (Å²) >= 11 is 0. The molecule has 0 fully saturated rings. The molecule has 2 amide bonds. The summed E-state index contributed by atoms with van der Waals surface area (Å²) in [6.07, 6.45) is -4.59. The van der Waals surface area contributed by atoms with Gasteiger partial charge in [-0.05, 0) is 24.6 Å². The molecule has 2 rings (SSSR count). The van der Waals surface area contributed by atoms with Gasteiger partial charge < -0.3 is 24.8 Å². The molecule has 33 heavy (non-hydrogen) atoms. The first-order valence-corrected chi connectivity index (χ1v) is 9.17. The Morgan fingerprint density at radius 3 is 2.18 bits per heavy atom. The molecule has 2 aromatic rings. The summed E-state index contributed by atoms with van der Waals surface area (Å²) in [5.74, 6) is -2.41. The van der Waals surface area contributed by atoms with Crippen LogP contribution in [0.2, 0.25) is 0 Å². The SMILES string of the molecule is COc1cc(C(=O)Nc2cc(C(=O)NCC(F)(F)F)ccc2C)c([N+](=O)[O-])c(OC)c1OC. The van der Waals surface area contributed by atoms with Crippen molar-refractivity contribution in [1.29, 1.82) is 0 Å². The monoisotopic (exact) mass is 471 g/mol. The average molecular weight is 471 g/mol. The van der Waals surface area contributed by atoms with Crippen molar-refractivity contribution in [1.82, 2.24) is 5.32 Å². The highest BCUT2D eigenvalue weighted by Crippen LogP contribution is 2.46. The lowest BCUT2D eigenvalue weighted by Gasteiger charge is -2.16. The summed E-state index contributed by atoms with van der Waals surface area (Å²) in [7, 11) is 3.65. The van der Waals surface area contributed by atoms with E-state index in [2.05, 4.69) is 5.32 Å². The number of carbonyl (C=O) groups is 2. The third-order valence-electron chi connectivity index (χ3n) is 4.43. The van der Waals surface area contributed by atoms with Crippen molar-refractivity contribution < 1.29 is 41.9 Å². The number of rotatable bonds is 8. The minimum atomic E-state index is -4.59. The number of amides is 2. The third-order valence-corrected chi connectivity index (χ3v) is 4.43. The number of hydrogen-bond acceptors (Lipinski definition) is 7. The van der Waals surface area contributed by atoms with Crippen molar-refractivity contribution in [3.05, 3.63) is 51.1 Å². The van der Waals surface area contributed by atoms with Gasteiger partial charge in [-0.2, -0.15) is 13.2 Å². The maximum absolute atomic E-state index is 12.9. The van der Waals surface area contributed by atoms with E-state index >= 15 is 0 Å². The number of ether oxygens (including phenoxy) is 3. The smallest absolute Gasteiger partial charge is 0.405 e. The molecule has 0 spiro atoms. The summed E-state index contributed by atoms with van der Waals surface area (Å²) in [6.45, 7) is 0.0373. The van der Waals surface area contributed by atoms with Crippen LogP contribution in [-0.2, 0) is 0 Å². The van der Waals surface area contributed by atoms with E-state index in [0.717, 1.165) is 19.2 Å². The van der Waals surface area contributed by atoms with Crippen molar-refractivity contribution in [2.75, 3.05) is 33.2 Å². The van der Waals surface area contributed by atoms with Crippen molar-refractivity contribution >= 4 is 23.2 Å². The molecule has 0 aromatic heterocycles. The number of benzene rings is 2.